The highest BCUT2D eigenvalue weighted by molar-refractivity contribution is 14.1. The Labute approximate surface area is 267 Å². The number of aromatic amines is 2. The number of carbonyl (C=O) groups is 2. The number of nitrogens with zero attached hydrogens (tertiary/aromatic N) is 2. The Balaban J connectivity index is 0.000000338. The molecule has 4 rings (SSSR count). The van der Waals surface area contributed by atoms with Crippen LogP contribution in [0.3, 0.4) is 0 Å². The first-order valence-electron chi connectivity index (χ1n) is 12.5. The average Bonchev–Trinajstić information content (AvgIpc) is 3.45. The van der Waals surface area contributed by atoms with Crippen LogP contribution in [0, 0.1) is 13.1 Å². The summed E-state index contributed by atoms with van der Waals surface area (Å²) in [6.07, 6.45) is 2.64. The SMILES string of the molecule is C.CC(=O)OC(C)=O.CC[C@H]1O[C@@H](n2cc(I)c(=O)[nH]c2=O)C[C@H]1C.O=c1[nH]c(=O)n([C@H]2C[C@@H](O)[C@@H](CO)O2)cc1I. The van der Waals surface area contributed by atoms with Crippen molar-refractivity contribution < 1.29 is 34.0 Å². The van der Waals surface area contributed by atoms with Gasteiger partial charge < -0.3 is 24.4 Å². The van der Waals surface area contributed by atoms with Gasteiger partial charge in [0.15, 0.2) is 0 Å². The molecule has 0 aliphatic carbocycles. The number of aliphatic hydroxyl groups is 2. The van der Waals surface area contributed by atoms with E-state index < -0.39 is 47.3 Å². The number of hydrogen-bond acceptors (Lipinski definition) is 11. The standard InChI is InChI=1S/C11H15IN2O3.C9H11IN2O5.C4H6O3.CH4/c1-3-8-6(2)4-9(17-8)14-5-7(12)10(15)13-11(14)16;10-4-2-12(9(16)11-8(4)15)7-1-5(14)6(3-13)17-7;1-3(5)7-4(2)6;/h5-6,8-9H,3-4H2,1-2H3,(H,13,15,16);2,5-7,13-14H,1,3H2,(H,11,15,16);1-2H3;1H4/t6-,8-,9-;5-,6-,7-;;/m11../s1. The summed E-state index contributed by atoms with van der Waals surface area (Å²) in [5.41, 5.74) is -1.79. The van der Waals surface area contributed by atoms with Gasteiger partial charge in [0.1, 0.15) is 18.6 Å². The van der Waals surface area contributed by atoms with E-state index in [1.54, 1.807) is 28.8 Å². The monoisotopic (exact) mass is 822 g/mol. The highest BCUT2D eigenvalue weighted by Crippen LogP contribution is 2.33. The lowest BCUT2D eigenvalue weighted by Gasteiger charge is -2.15. The number of nitrogens with one attached hydrogen (secondary N) is 2. The van der Waals surface area contributed by atoms with Crippen molar-refractivity contribution in [3.05, 3.63) is 61.2 Å². The number of halogens is 2. The molecule has 0 unspecified atom stereocenters. The Hall–Kier alpha value is -2.20. The van der Waals surface area contributed by atoms with Gasteiger partial charge >= 0.3 is 23.3 Å². The van der Waals surface area contributed by atoms with Gasteiger partial charge in [0, 0.05) is 32.7 Å². The molecule has 4 N–H and O–H groups in total. The number of H-pyrrole nitrogens is 2. The number of rotatable bonds is 4. The van der Waals surface area contributed by atoms with E-state index in [2.05, 4.69) is 28.6 Å². The van der Waals surface area contributed by atoms with Crippen LogP contribution in [-0.2, 0) is 23.8 Å². The van der Waals surface area contributed by atoms with Gasteiger partial charge in [-0.3, -0.25) is 38.3 Å². The van der Waals surface area contributed by atoms with Crippen LogP contribution in [0.1, 0.15) is 66.8 Å². The summed E-state index contributed by atoms with van der Waals surface area (Å²) in [5, 5.41) is 18.5. The van der Waals surface area contributed by atoms with Crippen molar-refractivity contribution in [1.82, 2.24) is 19.1 Å². The fourth-order valence-electron chi connectivity index (χ4n) is 4.14. The van der Waals surface area contributed by atoms with Crippen LogP contribution in [-0.4, -0.2) is 66.2 Å². The van der Waals surface area contributed by atoms with Crippen molar-refractivity contribution in [3.8, 4) is 0 Å². The predicted molar refractivity (Wildman–Crippen MR) is 167 cm³/mol. The smallest absolute Gasteiger partial charge is 0.330 e. The molecule has 2 aliphatic rings. The number of carbonyl (C=O) groups excluding carboxylic acids is 2. The molecule has 4 heterocycles. The molecule has 0 aromatic carbocycles. The van der Waals surface area contributed by atoms with Gasteiger partial charge in [-0.25, -0.2) is 9.59 Å². The third-order valence-electron chi connectivity index (χ3n) is 6.08. The molecule has 0 bridgehead atoms. The topological polar surface area (TPSA) is 212 Å². The molecule has 2 aliphatic heterocycles. The Kier molecular flexibility index (Phi) is 15.5. The maximum atomic E-state index is 11.7. The summed E-state index contributed by atoms with van der Waals surface area (Å²) < 4.78 is 18.7. The first-order valence-corrected chi connectivity index (χ1v) is 14.6. The van der Waals surface area contributed by atoms with Crippen LogP contribution >= 0.6 is 45.2 Å². The number of aliphatic hydroxyl groups excluding tert-OH is 2. The molecule has 17 heteroatoms. The van der Waals surface area contributed by atoms with E-state index in [1.807, 2.05) is 22.6 Å². The third kappa shape index (κ3) is 10.5. The van der Waals surface area contributed by atoms with Gasteiger partial charge in [-0.15, -0.1) is 0 Å². The number of hydrogen-bond donors (Lipinski definition) is 4. The molecule has 0 spiro atoms. The Bertz CT molecular complexity index is 1340. The molecule has 42 heavy (non-hydrogen) atoms. The molecule has 15 nitrogen and oxygen atoms in total. The van der Waals surface area contributed by atoms with Gasteiger partial charge in [-0.1, -0.05) is 21.3 Å². The molecule has 6 atom stereocenters. The Morgan fingerprint density at radius 1 is 0.929 bits per heavy atom. The van der Waals surface area contributed by atoms with E-state index in [9.17, 15) is 33.9 Å². The van der Waals surface area contributed by atoms with Gasteiger partial charge in [0.05, 0.1) is 26.0 Å². The second kappa shape index (κ2) is 17.2. The van der Waals surface area contributed by atoms with Crippen LogP contribution in [0.4, 0.5) is 0 Å². The van der Waals surface area contributed by atoms with Gasteiger partial charge in [-0.2, -0.15) is 0 Å². The Morgan fingerprint density at radius 2 is 1.36 bits per heavy atom. The minimum Gasteiger partial charge on any atom is -0.394 e. The minimum atomic E-state index is -0.818. The molecule has 2 aromatic rings. The molecule has 236 valence electrons. The maximum Gasteiger partial charge on any atom is 0.330 e. The third-order valence-corrected chi connectivity index (χ3v) is 7.62. The minimum absolute atomic E-state index is 0. The van der Waals surface area contributed by atoms with Crippen LogP contribution in [0.25, 0.3) is 0 Å². The largest absolute Gasteiger partial charge is 0.394 e. The molecule has 2 aromatic heterocycles. The van der Waals surface area contributed by atoms with E-state index in [0.29, 0.717) is 13.1 Å². The average molecular weight is 822 g/mol. The summed E-state index contributed by atoms with van der Waals surface area (Å²) in [7, 11) is 0. The zero-order valence-corrected chi connectivity index (χ0v) is 27.0. The normalized spacial score (nSPS) is 24.4. The first kappa shape index (κ1) is 37.8. The molecular weight excluding hydrogens is 786 g/mol. The number of ether oxygens (including phenoxy) is 3. The van der Waals surface area contributed by atoms with Crippen molar-refractivity contribution in [3.63, 3.8) is 0 Å². The highest BCUT2D eigenvalue weighted by Gasteiger charge is 2.35. The van der Waals surface area contributed by atoms with Crippen LogP contribution in [0.2, 0.25) is 0 Å². The van der Waals surface area contributed by atoms with Crippen molar-refractivity contribution in [2.24, 2.45) is 5.92 Å². The molecule has 0 amide bonds. The summed E-state index contributed by atoms with van der Waals surface area (Å²) >= 11 is 3.72. The number of aromatic nitrogens is 4. The van der Waals surface area contributed by atoms with E-state index in [-0.39, 0.29) is 38.3 Å². The summed E-state index contributed by atoms with van der Waals surface area (Å²) in [6.45, 7) is 6.24. The fourth-order valence-corrected chi connectivity index (χ4v) is 5.01. The zero-order valence-electron chi connectivity index (χ0n) is 22.7. The Morgan fingerprint density at radius 3 is 1.69 bits per heavy atom. The van der Waals surface area contributed by atoms with Crippen molar-refractivity contribution in [1.29, 1.82) is 0 Å². The van der Waals surface area contributed by atoms with E-state index >= 15 is 0 Å². The van der Waals surface area contributed by atoms with Crippen molar-refractivity contribution in [2.75, 3.05) is 6.61 Å². The van der Waals surface area contributed by atoms with Gasteiger partial charge in [0.25, 0.3) is 11.1 Å². The van der Waals surface area contributed by atoms with E-state index in [0.717, 1.165) is 12.8 Å². The van der Waals surface area contributed by atoms with Gasteiger partial charge in [-0.05, 0) is 63.9 Å². The maximum absolute atomic E-state index is 11.7. The second-order valence-electron chi connectivity index (χ2n) is 9.24. The quantitative estimate of drug-likeness (QED) is 0.194. The number of esters is 2. The van der Waals surface area contributed by atoms with E-state index in [4.69, 9.17) is 14.6 Å². The molecule has 2 saturated heterocycles. The molecule has 2 fully saturated rings. The van der Waals surface area contributed by atoms with Crippen molar-refractivity contribution in [2.45, 2.75) is 85.2 Å². The van der Waals surface area contributed by atoms with Crippen molar-refractivity contribution >= 4 is 57.1 Å². The lowest BCUT2D eigenvalue weighted by Crippen LogP contribution is -2.33. The van der Waals surface area contributed by atoms with E-state index in [1.165, 1.54) is 29.2 Å². The second-order valence-corrected chi connectivity index (χ2v) is 11.6. The lowest BCUT2D eigenvalue weighted by atomic mass is 10.0. The first-order chi connectivity index (χ1) is 19.2. The highest BCUT2D eigenvalue weighted by atomic mass is 127. The van der Waals surface area contributed by atoms with Crippen LogP contribution in [0.15, 0.2) is 31.6 Å². The summed E-state index contributed by atoms with van der Waals surface area (Å²) in [6, 6.07) is 0. The van der Waals surface area contributed by atoms with Crippen LogP contribution < -0.4 is 22.5 Å². The fraction of sp³-hybridized carbons (Fsp3) is 0.600. The summed E-state index contributed by atoms with van der Waals surface area (Å²) in [4.78, 5) is 69.8. The molecule has 0 saturated carbocycles. The predicted octanol–water partition coefficient (Wildman–Crippen LogP) is 0.989. The molecular formula is C25H36I2N4O11. The zero-order chi connectivity index (χ0) is 31.0. The molecule has 0 radical (unpaired) electrons. The summed E-state index contributed by atoms with van der Waals surface area (Å²) in [5.74, 6) is -0.693. The van der Waals surface area contributed by atoms with Crippen LogP contribution in [0.5, 0.6) is 0 Å². The van der Waals surface area contributed by atoms with Gasteiger partial charge in [0.2, 0.25) is 0 Å². The lowest BCUT2D eigenvalue weighted by molar-refractivity contribution is -0.156.